The van der Waals surface area contributed by atoms with E-state index in [-0.39, 0.29) is 23.2 Å². The maximum absolute atomic E-state index is 14.5. The molecule has 21 heteroatoms. The number of nitrogens with zero attached hydrogens (tertiary/aromatic N) is 4. The molecule has 4 aliphatic rings. The van der Waals surface area contributed by atoms with Crippen LogP contribution >= 0.6 is 11.8 Å². The Labute approximate surface area is 508 Å². The van der Waals surface area contributed by atoms with Crippen molar-refractivity contribution in [2.75, 3.05) is 88.0 Å². The topological polar surface area (TPSA) is 189 Å². The lowest BCUT2D eigenvalue weighted by molar-refractivity contribution is -0.132. The summed E-state index contributed by atoms with van der Waals surface area (Å²) in [7, 11) is -11.0. The van der Waals surface area contributed by atoms with Gasteiger partial charge in [-0.25, -0.2) is 21.6 Å². The molecule has 2 saturated heterocycles. The Morgan fingerprint density at radius 2 is 1.45 bits per heavy atom. The fraction of sp³-hybridized carbons (Fsp3) is 0.609. The van der Waals surface area contributed by atoms with E-state index in [1.807, 2.05) is 55.8 Å². The van der Waals surface area contributed by atoms with Gasteiger partial charge in [0.2, 0.25) is 5.91 Å². The molecule has 0 spiro atoms. The maximum Gasteiger partial charge on any atom is 0.501 e. The second kappa shape index (κ2) is 30.0. The molecule has 2 amide bonds. The Kier molecular flexibility index (Phi) is 23.9. The van der Waals surface area contributed by atoms with Crippen LogP contribution in [-0.4, -0.2) is 156 Å². The summed E-state index contributed by atoms with van der Waals surface area (Å²) in [6, 6.07) is 17.2. The second-order valence-electron chi connectivity index (χ2n) is 25.9. The molecule has 2 heterocycles. The van der Waals surface area contributed by atoms with Gasteiger partial charge >= 0.3 is 5.51 Å². The van der Waals surface area contributed by atoms with Crippen molar-refractivity contribution < 1.29 is 49.5 Å². The van der Waals surface area contributed by atoms with Crippen LogP contribution < -0.4 is 20.3 Å². The zero-order chi connectivity index (χ0) is 61.7. The lowest BCUT2D eigenvalue weighted by Crippen LogP contribution is -2.51. The standard InChI is InChI=1S/C64H92F3N7O8S3/c1-46(2)18-19-49-43-63(6,7)30-28-50(49)44-73-37-39-74(40-38-73)52-23-20-47(21-24-52)61(78)70-85(81,82)55-26-27-56(57(42-55)84(79,80)64(65,66)67)68-51(45-83-54-15-11-10-12-16-54)29-32-72-35-33-71(34-36-72)31-14-9-8-13-17-58(76)69-60(62(3,4)5)59(77)48-22-25-53(75)41-48/h10-12,15-16,20-21,23-24,26-27,42,48,51,53,60,68,75H,1,8-9,13-14,17-19,22,25,28-41,43-45H2,2-7H3,(H,69,76)(H,70,78)/t48?,51-,53-,60-/m1/s1. The first kappa shape index (κ1) is 67.7. The van der Waals surface area contributed by atoms with E-state index in [1.54, 1.807) is 23.3 Å². The van der Waals surface area contributed by atoms with E-state index < -0.39 is 70.4 Å². The van der Waals surface area contributed by atoms with Crippen molar-refractivity contribution >= 4 is 60.6 Å². The van der Waals surface area contributed by atoms with E-state index in [0.29, 0.717) is 62.3 Å². The molecule has 2 aliphatic carbocycles. The summed E-state index contributed by atoms with van der Waals surface area (Å²) in [5.74, 6) is -1.04. The first-order valence-corrected chi connectivity index (χ1v) is 34.4. The average molecular weight is 1240 g/mol. The molecule has 3 fully saturated rings. The number of Topliss-reactive ketones (excluding diaryl/α,β-unsaturated/α-hetero) is 1. The summed E-state index contributed by atoms with van der Waals surface area (Å²) >= 11 is 1.45. The first-order valence-electron chi connectivity index (χ1n) is 30.4. The van der Waals surface area contributed by atoms with Gasteiger partial charge in [0.15, 0.2) is 5.78 Å². The van der Waals surface area contributed by atoms with Gasteiger partial charge in [-0.1, -0.05) is 82.4 Å². The van der Waals surface area contributed by atoms with E-state index in [0.717, 1.165) is 133 Å². The van der Waals surface area contributed by atoms with Crippen LogP contribution in [0.25, 0.3) is 0 Å². The third-order valence-electron chi connectivity index (χ3n) is 17.2. The van der Waals surface area contributed by atoms with Crippen molar-refractivity contribution in [3.8, 4) is 0 Å². The zero-order valence-corrected chi connectivity index (χ0v) is 53.2. The first-order chi connectivity index (χ1) is 40.1. The quantitative estimate of drug-likeness (QED) is 0.0305. The lowest BCUT2D eigenvalue weighted by Gasteiger charge is -2.39. The number of thioether (sulfide) groups is 1. The van der Waals surface area contributed by atoms with Gasteiger partial charge in [0.25, 0.3) is 25.8 Å². The van der Waals surface area contributed by atoms with E-state index in [9.17, 15) is 49.5 Å². The SMILES string of the molecule is C=C(C)CCC1=C(CN2CCN(c3ccc(C(=O)NS(=O)(=O)c4ccc(N[C@H](CCN5CCN(CCCCCCC(=O)N[C@H](C(=O)C6CC[C@@H](O)C6)C(C)(C)C)CC5)CSc5ccccc5)c(S(=O)(=O)C(F)(F)F)c4)cc3)CC2)CCC(C)(C)C1. The van der Waals surface area contributed by atoms with Crippen LogP contribution in [0, 0.1) is 16.7 Å². The Balaban J connectivity index is 0.913. The number of aliphatic hydroxyl groups excluding tert-OH is 1. The van der Waals surface area contributed by atoms with Crippen LogP contribution in [0.5, 0.6) is 0 Å². The van der Waals surface area contributed by atoms with Crippen LogP contribution in [0.1, 0.15) is 142 Å². The highest BCUT2D eigenvalue weighted by Crippen LogP contribution is 2.42. The minimum absolute atomic E-state index is 0.00297. The number of aliphatic hydroxyl groups is 1. The molecule has 3 aromatic carbocycles. The minimum Gasteiger partial charge on any atom is -0.393 e. The fourth-order valence-corrected chi connectivity index (χ4v) is 15.0. The number of ketones is 1. The number of hydrogen-bond acceptors (Lipinski definition) is 14. The molecule has 1 saturated carbocycles. The number of sulfonamides is 1. The third-order valence-corrected chi connectivity index (χ3v) is 21.2. The van der Waals surface area contributed by atoms with Gasteiger partial charge in [-0.2, -0.15) is 13.2 Å². The number of allylic oxidation sites excluding steroid dienone is 2. The molecule has 1 unspecified atom stereocenters. The summed E-state index contributed by atoms with van der Waals surface area (Å²) in [5.41, 5.74) is -1.18. The lowest BCUT2D eigenvalue weighted by atomic mass is 9.73. The van der Waals surface area contributed by atoms with E-state index in [4.69, 9.17) is 0 Å². The molecule has 7 rings (SSSR count). The molecule has 4 atom stereocenters. The van der Waals surface area contributed by atoms with Crippen LogP contribution in [0.4, 0.5) is 24.5 Å². The number of piperazine rings is 2. The van der Waals surface area contributed by atoms with E-state index in [2.05, 4.69) is 57.6 Å². The fourth-order valence-electron chi connectivity index (χ4n) is 12.0. The van der Waals surface area contributed by atoms with Crippen LogP contribution in [0.3, 0.4) is 0 Å². The van der Waals surface area contributed by atoms with Gasteiger partial charge in [0.1, 0.15) is 4.90 Å². The summed E-state index contributed by atoms with van der Waals surface area (Å²) in [5, 5.41) is 16.0. The number of amides is 2. The number of unbranched alkanes of at least 4 members (excludes halogenated alkanes) is 3. The normalized spacial score (nSPS) is 20.2. The number of carbonyl (C=O) groups is 3. The Morgan fingerprint density at radius 1 is 0.800 bits per heavy atom. The summed E-state index contributed by atoms with van der Waals surface area (Å²) in [4.78, 5) is 47.9. The Bertz CT molecular complexity index is 3010. The van der Waals surface area contributed by atoms with E-state index in [1.165, 1.54) is 35.9 Å². The Hall–Kier alpha value is -4.77. The van der Waals surface area contributed by atoms with Gasteiger partial charge in [0.05, 0.1) is 22.7 Å². The molecule has 3 aromatic rings. The number of benzene rings is 3. The minimum atomic E-state index is -6.11. The molecular weight excluding hydrogens is 1150 g/mol. The second-order valence-corrected chi connectivity index (χ2v) is 30.6. The molecule has 0 radical (unpaired) electrons. The van der Waals surface area contributed by atoms with Crippen molar-refractivity contribution in [1.29, 1.82) is 0 Å². The van der Waals surface area contributed by atoms with Gasteiger partial charge in [-0.05, 0) is 150 Å². The van der Waals surface area contributed by atoms with E-state index >= 15 is 0 Å². The van der Waals surface area contributed by atoms with Crippen molar-refractivity contribution in [2.24, 2.45) is 16.7 Å². The predicted octanol–water partition coefficient (Wildman–Crippen LogP) is 10.9. The molecule has 85 heavy (non-hydrogen) atoms. The van der Waals surface area contributed by atoms with Gasteiger partial charge < -0.3 is 30.4 Å². The number of rotatable bonds is 28. The molecule has 0 bridgehead atoms. The van der Waals surface area contributed by atoms with Crippen molar-refractivity contribution in [3.05, 3.63) is 102 Å². The monoisotopic (exact) mass is 1240 g/mol. The van der Waals surface area contributed by atoms with Gasteiger partial charge in [-0.3, -0.25) is 19.3 Å². The van der Waals surface area contributed by atoms with Crippen LogP contribution in [0.15, 0.2) is 111 Å². The van der Waals surface area contributed by atoms with Crippen molar-refractivity contribution in [3.63, 3.8) is 0 Å². The Morgan fingerprint density at radius 3 is 2.07 bits per heavy atom. The number of nitrogens with one attached hydrogen (secondary N) is 3. The largest absolute Gasteiger partial charge is 0.501 e. The summed E-state index contributed by atoms with van der Waals surface area (Å²) < 4.78 is 99.6. The molecule has 2 aliphatic heterocycles. The average Bonchev–Trinajstić information content (AvgIpc) is 1.47. The molecule has 4 N–H and O–H groups in total. The highest BCUT2D eigenvalue weighted by Gasteiger charge is 2.49. The van der Waals surface area contributed by atoms with Crippen molar-refractivity contribution in [1.82, 2.24) is 24.7 Å². The van der Waals surface area contributed by atoms with Crippen LogP contribution in [0.2, 0.25) is 0 Å². The molecule has 470 valence electrons. The highest BCUT2D eigenvalue weighted by atomic mass is 32.2. The molecule has 15 nitrogen and oxygen atoms in total. The van der Waals surface area contributed by atoms with Crippen molar-refractivity contribution in [2.45, 2.75) is 170 Å². The number of sulfone groups is 1. The maximum atomic E-state index is 14.5. The number of hydrogen-bond donors (Lipinski definition) is 4. The number of carbonyl (C=O) groups excluding carboxylic acids is 3. The number of halogens is 3. The zero-order valence-electron chi connectivity index (χ0n) is 50.8. The smallest absolute Gasteiger partial charge is 0.393 e. The highest BCUT2D eigenvalue weighted by molar-refractivity contribution is 7.99. The molecule has 0 aromatic heterocycles. The number of anilines is 2. The predicted molar refractivity (Wildman–Crippen MR) is 333 cm³/mol. The molecular formula is C64H92F3N7O8S3. The summed E-state index contributed by atoms with van der Waals surface area (Å²) in [6.07, 6.45) is 10.9. The number of alkyl halides is 3. The van der Waals surface area contributed by atoms with Gasteiger partial charge in [0, 0.05) is 106 Å². The van der Waals surface area contributed by atoms with Crippen LogP contribution in [-0.2, 0) is 29.4 Å². The third kappa shape index (κ3) is 19.9. The van der Waals surface area contributed by atoms with Gasteiger partial charge in [-0.15, -0.1) is 18.3 Å². The summed E-state index contributed by atoms with van der Waals surface area (Å²) in [6.45, 7) is 25.4.